The highest BCUT2D eigenvalue weighted by Gasteiger charge is 2.20. The van der Waals surface area contributed by atoms with Crippen molar-refractivity contribution in [1.82, 2.24) is 15.1 Å². The summed E-state index contributed by atoms with van der Waals surface area (Å²) < 4.78 is 3.28. The fourth-order valence-corrected chi connectivity index (χ4v) is 3.80. The third kappa shape index (κ3) is 4.67. The Balaban J connectivity index is 2.20. The number of hydrogen-bond acceptors (Lipinski definition) is 4. The molecule has 2 N–H and O–H groups in total. The van der Waals surface area contributed by atoms with Crippen LogP contribution in [0.25, 0.3) is 0 Å². The Hall–Kier alpha value is -1.19. The van der Waals surface area contributed by atoms with E-state index in [1.807, 2.05) is 20.8 Å². The van der Waals surface area contributed by atoms with Crippen molar-refractivity contribution in [3.63, 3.8) is 0 Å². The van der Waals surface area contributed by atoms with Crippen molar-refractivity contribution in [2.75, 3.05) is 11.9 Å². The Morgan fingerprint density at radius 2 is 2.04 bits per heavy atom. The first-order valence-electron chi connectivity index (χ1n) is 7.43. The molecule has 0 aliphatic carbocycles. The minimum Gasteiger partial charge on any atom is -0.350 e. The number of thiophene rings is 1. The number of anilines is 1. The van der Waals surface area contributed by atoms with Crippen LogP contribution in [0.15, 0.2) is 20.5 Å². The lowest BCUT2D eigenvalue weighted by atomic mass is 10.2. The van der Waals surface area contributed by atoms with Gasteiger partial charge in [0.1, 0.15) is 0 Å². The molecule has 2 amide bonds. The molecule has 24 heavy (non-hydrogen) atoms. The topological polar surface area (TPSA) is 76.0 Å². The lowest BCUT2D eigenvalue weighted by Gasteiger charge is -2.07. The predicted molar refractivity (Wildman–Crippen MR) is 103 cm³/mol. The number of carbonyl (C=O) groups is 2. The van der Waals surface area contributed by atoms with Crippen LogP contribution in [-0.4, -0.2) is 28.1 Å². The number of nitrogens with zero attached hydrogens (tertiary/aromatic N) is 2. The molecule has 2 aromatic heterocycles. The van der Waals surface area contributed by atoms with Crippen LogP contribution < -0.4 is 10.6 Å². The van der Waals surface area contributed by atoms with Crippen LogP contribution in [0.2, 0.25) is 0 Å². The number of carbonyl (C=O) groups excluding carboxylic acids is 2. The SMILES string of the molecule is CCn1cc(NC(=O)c2cc(Br)c(Br)s2)c(C(=O)NCC(C)C)n1. The number of rotatable bonds is 6. The Kier molecular flexibility index (Phi) is 6.59. The zero-order valence-electron chi connectivity index (χ0n) is 13.5. The average molecular weight is 478 g/mol. The van der Waals surface area contributed by atoms with Gasteiger partial charge in [0.2, 0.25) is 0 Å². The minimum absolute atomic E-state index is 0.223. The van der Waals surface area contributed by atoms with Gasteiger partial charge in [-0.3, -0.25) is 14.3 Å². The van der Waals surface area contributed by atoms with E-state index in [0.717, 1.165) is 8.26 Å². The number of hydrogen-bond donors (Lipinski definition) is 2. The van der Waals surface area contributed by atoms with Crippen molar-refractivity contribution < 1.29 is 9.59 Å². The van der Waals surface area contributed by atoms with Gasteiger partial charge < -0.3 is 10.6 Å². The first kappa shape index (κ1) is 19.1. The summed E-state index contributed by atoms with van der Waals surface area (Å²) in [5, 5.41) is 9.85. The maximum absolute atomic E-state index is 12.4. The van der Waals surface area contributed by atoms with Crippen LogP contribution in [0.3, 0.4) is 0 Å². The van der Waals surface area contributed by atoms with E-state index in [1.165, 1.54) is 11.3 Å². The summed E-state index contributed by atoms with van der Waals surface area (Å²) in [6.45, 7) is 7.11. The van der Waals surface area contributed by atoms with E-state index in [4.69, 9.17) is 0 Å². The summed E-state index contributed by atoms with van der Waals surface area (Å²) in [6, 6.07) is 1.73. The molecule has 0 unspecified atom stereocenters. The van der Waals surface area contributed by atoms with E-state index < -0.39 is 0 Å². The van der Waals surface area contributed by atoms with Gasteiger partial charge in [0.05, 0.1) is 14.4 Å². The van der Waals surface area contributed by atoms with Crippen LogP contribution in [0, 0.1) is 5.92 Å². The van der Waals surface area contributed by atoms with E-state index in [9.17, 15) is 9.59 Å². The third-order valence-electron chi connectivity index (χ3n) is 3.09. The molecule has 2 heterocycles. The second kappa shape index (κ2) is 8.26. The van der Waals surface area contributed by atoms with Gasteiger partial charge in [-0.25, -0.2) is 0 Å². The number of halogens is 2. The van der Waals surface area contributed by atoms with Gasteiger partial charge >= 0.3 is 0 Å². The molecule has 0 fully saturated rings. The van der Waals surface area contributed by atoms with Gasteiger partial charge in [-0.2, -0.15) is 5.10 Å². The molecule has 0 aliphatic heterocycles. The summed E-state index contributed by atoms with van der Waals surface area (Å²) in [5.41, 5.74) is 0.629. The van der Waals surface area contributed by atoms with Crippen LogP contribution in [0.1, 0.15) is 40.9 Å². The van der Waals surface area contributed by atoms with Crippen LogP contribution >= 0.6 is 43.2 Å². The fraction of sp³-hybridized carbons (Fsp3) is 0.400. The third-order valence-corrected chi connectivity index (χ3v) is 6.34. The second-order valence-electron chi connectivity index (χ2n) is 5.54. The minimum atomic E-state index is -0.292. The normalized spacial score (nSPS) is 10.9. The molecule has 0 spiro atoms. The van der Waals surface area contributed by atoms with E-state index in [0.29, 0.717) is 29.6 Å². The van der Waals surface area contributed by atoms with E-state index >= 15 is 0 Å². The van der Waals surface area contributed by atoms with Crippen LogP contribution in [0.4, 0.5) is 5.69 Å². The molecule has 0 bridgehead atoms. The van der Waals surface area contributed by atoms with Gasteiger partial charge in [-0.1, -0.05) is 13.8 Å². The molecular formula is C15H18Br2N4O2S. The van der Waals surface area contributed by atoms with Gasteiger partial charge in [0.15, 0.2) is 5.69 Å². The predicted octanol–water partition coefficient (Wildman–Crippen LogP) is 4.13. The van der Waals surface area contributed by atoms with Crippen LogP contribution in [-0.2, 0) is 6.54 Å². The van der Waals surface area contributed by atoms with Gasteiger partial charge in [0.25, 0.3) is 11.8 Å². The molecule has 2 aromatic rings. The van der Waals surface area contributed by atoms with E-state index in [1.54, 1.807) is 16.9 Å². The number of amides is 2. The summed E-state index contributed by atoms with van der Waals surface area (Å²) in [6.07, 6.45) is 1.67. The lowest BCUT2D eigenvalue weighted by Crippen LogP contribution is -2.28. The Bertz CT molecular complexity index is 735. The number of nitrogens with one attached hydrogen (secondary N) is 2. The summed E-state index contributed by atoms with van der Waals surface area (Å²) in [5.74, 6) is -0.235. The quantitative estimate of drug-likeness (QED) is 0.656. The largest absolute Gasteiger partial charge is 0.350 e. The molecule has 0 aliphatic rings. The lowest BCUT2D eigenvalue weighted by molar-refractivity contribution is 0.0944. The van der Waals surface area contributed by atoms with Crippen molar-refractivity contribution in [2.45, 2.75) is 27.3 Å². The molecule has 2 rings (SSSR count). The van der Waals surface area contributed by atoms with E-state index in [-0.39, 0.29) is 17.5 Å². The maximum Gasteiger partial charge on any atom is 0.273 e. The fourth-order valence-electron chi connectivity index (χ4n) is 1.87. The van der Waals surface area contributed by atoms with Crippen molar-refractivity contribution in [1.29, 1.82) is 0 Å². The van der Waals surface area contributed by atoms with Crippen molar-refractivity contribution in [2.24, 2.45) is 5.92 Å². The first-order valence-corrected chi connectivity index (χ1v) is 9.83. The van der Waals surface area contributed by atoms with Gasteiger partial charge in [-0.15, -0.1) is 11.3 Å². The monoisotopic (exact) mass is 476 g/mol. The Morgan fingerprint density at radius 3 is 2.58 bits per heavy atom. The van der Waals surface area contributed by atoms with Crippen molar-refractivity contribution >= 4 is 60.7 Å². The van der Waals surface area contributed by atoms with Crippen LogP contribution in [0.5, 0.6) is 0 Å². The highest BCUT2D eigenvalue weighted by molar-refractivity contribution is 9.13. The summed E-state index contributed by atoms with van der Waals surface area (Å²) >= 11 is 8.04. The number of aromatic nitrogens is 2. The molecule has 0 atom stereocenters. The molecule has 0 aromatic carbocycles. The molecule has 9 heteroatoms. The van der Waals surface area contributed by atoms with Crippen molar-refractivity contribution in [3.8, 4) is 0 Å². The average Bonchev–Trinajstić information content (AvgIpc) is 3.08. The first-order chi connectivity index (χ1) is 11.3. The zero-order chi connectivity index (χ0) is 17.9. The number of aryl methyl sites for hydroxylation is 1. The molecular weight excluding hydrogens is 460 g/mol. The van der Waals surface area contributed by atoms with Crippen molar-refractivity contribution in [3.05, 3.63) is 31.1 Å². The molecule has 0 saturated carbocycles. The molecule has 0 radical (unpaired) electrons. The van der Waals surface area contributed by atoms with E-state index in [2.05, 4.69) is 47.6 Å². The van der Waals surface area contributed by atoms with Gasteiger partial charge in [-0.05, 0) is 50.8 Å². The Labute approximate surface area is 161 Å². The highest BCUT2D eigenvalue weighted by atomic mass is 79.9. The molecule has 130 valence electrons. The standard InChI is InChI=1S/C15H18Br2N4O2S/c1-4-21-7-10(12(20-21)15(23)18-6-8(2)3)19-14(22)11-5-9(16)13(17)24-11/h5,7-8H,4,6H2,1-3H3,(H,18,23)(H,19,22). The Morgan fingerprint density at radius 1 is 1.33 bits per heavy atom. The molecule has 6 nitrogen and oxygen atoms in total. The second-order valence-corrected chi connectivity index (χ2v) is 8.76. The molecule has 0 saturated heterocycles. The zero-order valence-corrected chi connectivity index (χ0v) is 17.5. The smallest absolute Gasteiger partial charge is 0.273 e. The maximum atomic E-state index is 12.4. The summed E-state index contributed by atoms with van der Waals surface area (Å²) in [4.78, 5) is 25.3. The van der Waals surface area contributed by atoms with Gasteiger partial charge in [0, 0.05) is 23.8 Å². The highest BCUT2D eigenvalue weighted by Crippen LogP contribution is 2.32. The summed E-state index contributed by atoms with van der Waals surface area (Å²) in [7, 11) is 0.